The van der Waals surface area contributed by atoms with E-state index in [2.05, 4.69) is 175 Å². The number of hydrogen-bond acceptors (Lipinski definition) is 2. The standard InChI is InChI=1S/C42H29NO/c1-4-14-30(15-5-1)31-24-26-34(27-25-31)43(40-22-12-10-20-36(40)32-16-6-2-7-17-32)35-28-38(33-18-8-3-9-19-33)42-39(29-35)37-21-11-13-23-41(37)44-42/h1-29H. The lowest BCUT2D eigenvalue weighted by molar-refractivity contribution is 0.670. The fraction of sp³-hybridized carbons (Fsp3) is 0. The van der Waals surface area contributed by atoms with Crippen molar-refractivity contribution in [3.8, 4) is 33.4 Å². The Morgan fingerprint density at radius 1 is 0.364 bits per heavy atom. The molecule has 8 aromatic rings. The maximum Gasteiger partial charge on any atom is 0.143 e. The molecule has 2 heteroatoms. The van der Waals surface area contributed by atoms with Crippen LogP contribution in [0.4, 0.5) is 17.1 Å². The van der Waals surface area contributed by atoms with Crippen LogP contribution in [0.3, 0.4) is 0 Å². The highest BCUT2D eigenvalue weighted by Crippen LogP contribution is 2.45. The monoisotopic (exact) mass is 563 g/mol. The van der Waals surface area contributed by atoms with Gasteiger partial charge in [0, 0.05) is 33.3 Å². The second-order valence-corrected chi connectivity index (χ2v) is 11.0. The van der Waals surface area contributed by atoms with Crippen LogP contribution in [0.5, 0.6) is 0 Å². The van der Waals surface area contributed by atoms with Gasteiger partial charge >= 0.3 is 0 Å². The van der Waals surface area contributed by atoms with Crippen molar-refractivity contribution in [1.29, 1.82) is 0 Å². The molecular weight excluding hydrogens is 534 g/mol. The third kappa shape index (κ3) is 4.63. The number of anilines is 3. The van der Waals surface area contributed by atoms with Gasteiger partial charge in [0.1, 0.15) is 11.2 Å². The van der Waals surface area contributed by atoms with E-state index < -0.39 is 0 Å². The van der Waals surface area contributed by atoms with Gasteiger partial charge in [-0.1, -0.05) is 140 Å². The van der Waals surface area contributed by atoms with Gasteiger partial charge in [-0.25, -0.2) is 0 Å². The van der Waals surface area contributed by atoms with Gasteiger partial charge in [0.05, 0.1) is 5.69 Å². The minimum absolute atomic E-state index is 0.889. The van der Waals surface area contributed by atoms with E-state index in [1.165, 1.54) is 22.3 Å². The molecule has 208 valence electrons. The zero-order chi connectivity index (χ0) is 29.3. The zero-order valence-electron chi connectivity index (χ0n) is 24.1. The van der Waals surface area contributed by atoms with E-state index in [4.69, 9.17) is 4.42 Å². The number of benzene rings is 7. The quantitative estimate of drug-likeness (QED) is 0.200. The summed E-state index contributed by atoms with van der Waals surface area (Å²) in [5, 5.41) is 2.21. The van der Waals surface area contributed by atoms with Crippen LogP contribution in [-0.4, -0.2) is 0 Å². The van der Waals surface area contributed by atoms with Crippen molar-refractivity contribution in [3.63, 3.8) is 0 Å². The Kier molecular flexibility index (Phi) is 6.51. The van der Waals surface area contributed by atoms with Crippen LogP contribution >= 0.6 is 0 Å². The molecule has 8 rings (SSSR count). The number of rotatable bonds is 6. The van der Waals surface area contributed by atoms with Crippen molar-refractivity contribution < 1.29 is 4.42 Å². The largest absolute Gasteiger partial charge is 0.455 e. The van der Waals surface area contributed by atoms with E-state index in [1.807, 2.05) is 6.07 Å². The minimum atomic E-state index is 0.889. The lowest BCUT2D eigenvalue weighted by Gasteiger charge is -2.28. The molecule has 0 saturated heterocycles. The topological polar surface area (TPSA) is 16.4 Å². The fourth-order valence-electron chi connectivity index (χ4n) is 6.16. The van der Waals surface area contributed by atoms with E-state index in [1.54, 1.807) is 0 Å². The van der Waals surface area contributed by atoms with Gasteiger partial charge in [-0.05, 0) is 58.7 Å². The molecule has 0 aliphatic heterocycles. The predicted molar refractivity (Wildman–Crippen MR) is 185 cm³/mol. The molecule has 0 spiro atoms. The summed E-state index contributed by atoms with van der Waals surface area (Å²) in [4.78, 5) is 2.38. The van der Waals surface area contributed by atoms with Gasteiger partial charge in [-0.2, -0.15) is 0 Å². The Bertz CT molecular complexity index is 2200. The van der Waals surface area contributed by atoms with Crippen LogP contribution < -0.4 is 4.90 Å². The Hall–Kier alpha value is -5.86. The molecule has 0 fully saturated rings. The Balaban J connectivity index is 1.40. The van der Waals surface area contributed by atoms with Gasteiger partial charge in [-0.15, -0.1) is 0 Å². The zero-order valence-corrected chi connectivity index (χ0v) is 24.1. The summed E-state index contributed by atoms with van der Waals surface area (Å²) < 4.78 is 6.52. The van der Waals surface area contributed by atoms with Gasteiger partial charge in [-0.3, -0.25) is 0 Å². The lowest BCUT2D eigenvalue weighted by atomic mass is 9.98. The molecule has 0 aliphatic rings. The smallest absolute Gasteiger partial charge is 0.143 e. The molecule has 0 unspecified atom stereocenters. The van der Waals surface area contributed by atoms with Crippen LogP contribution in [0, 0.1) is 0 Å². The number of hydrogen-bond donors (Lipinski definition) is 0. The summed E-state index contributed by atoms with van der Waals surface area (Å²) in [6, 6.07) is 62.1. The van der Waals surface area contributed by atoms with Crippen molar-refractivity contribution >= 4 is 39.0 Å². The molecule has 1 heterocycles. The highest BCUT2D eigenvalue weighted by Gasteiger charge is 2.21. The molecule has 0 aliphatic carbocycles. The summed E-state index contributed by atoms with van der Waals surface area (Å²) in [7, 11) is 0. The minimum Gasteiger partial charge on any atom is -0.455 e. The van der Waals surface area contributed by atoms with Crippen LogP contribution in [0.15, 0.2) is 180 Å². The highest BCUT2D eigenvalue weighted by molar-refractivity contribution is 6.11. The van der Waals surface area contributed by atoms with E-state index in [9.17, 15) is 0 Å². The van der Waals surface area contributed by atoms with Gasteiger partial charge < -0.3 is 9.32 Å². The molecule has 7 aromatic carbocycles. The number of nitrogens with zero attached hydrogens (tertiary/aromatic N) is 1. The van der Waals surface area contributed by atoms with Gasteiger partial charge in [0.25, 0.3) is 0 Å². The van der Waals surface area contributed by atoms with Crippen molar-refractivity contribution in [2.24, 2.45) is 0 Å². The summed E-state index contributed by atoms with van der Waals surface area (Å²) in [6.07, 6.45) is 0. The summed E-state index contributed by atoms with van der Waals surface area (Å²) >= 11 is 0. The van der Waals surface area contributed by atoms with E-state index in [0.29, 0.717) is 0 Å². The lowest BCUT2D eigenvalue weighted by Crippen LogP contribution is -2.11. The van der Waals surface area contributed by atoms with Crippen LogP contribution in [0.25, 0.3) is 55.3 Å². The number of fused-ring (bicyclic) bond motifs is 3. The molecule has 1 aromatic heterocycles. The molecule has 0 N–H and O–H groups in total. The maximum absolute atomic E-state index is 6.52. The third-order valence-corrected chi connectivity index (χ3v) is 8.27. The first-order chi connectivity index (χ1) is 21.8. The Labute approximate surface area is 257 Å². The molecular formula is C42H29NO. The second-order valence-electron chi connectivity index (χ2n) is 11.0. The van der Waals surface area contributed by atoms with Gasteiger partial charge in [0.15, 0.2) is 0 Å². The SMILES string of the molecule is c1ccc(-c2ccc(N(c3cc(-c4ccccc4)c4oc5ccccc5c4c3)c3ccccc3-c3ccccc3)cc2)cc1. The van der Waals surface area contributed by atoms with E-state index in [-0.39, 0.29) is 0 Å². The van der Waals surface area contributed by atoms with Crippen LogP contribution in [0.2, 0.25) is 0 Å². The van der Waals surface area contributed by atoms with Crippen molar-refractivity contribution in [2.45, 2.75) is 0 Å². The predicted octanol–water partition coefficient (Wildman–Crippen LogP) is 12.1. The Morgan fingerprint density at radius 3 is 1.61 bits per heavy atom. The summed E-state index contributed by atoms with van der Waals surface area (Å²) in [5.41, 5.74) is 12.0. The van der Waals surface area contributed by atoms with Crippen molar-refractivity contribution in [2.75, 3.05) is 4.90 Å². The van der Waals surface area contributed by atoms with E-state index in [0.717, 1.165) is 50.1 Å². The summed E-state index contributed by atoms with van der Waals surface area (Å²) in [5.74, 6) is 0. The molecule has 44 heavy (non-hydrogen) atoms. The molecule has 0 saturated carbocycles. The maximum atomic E-state index is 6.52. The molecule has 0 radical (unpaired) electrons. The third-order valence-electron chi connectivity index (χ3n) is 8.27. The molecule has 0 amide bonds. The number of furan rings is 1. The normalized spacial score (nSPS) is 11.2. The fourth-order valence-corrected chi connectivity index (χ4v) is 6.16. The van der Waals surface area contributed by atoms with Crippen LogP contribution in [0.1, 0.15) is 0 Å². The van der Waals surface area contributed by atoms with Crippen molar-refractivity contribution in [1.82, 2.24) is 0 Å². The summed E-state index contributed by atoms with van der Waals surface area (Å²) in [6.45, 7) is 0. The molecule has 0 atom stereocenters. The Morgan fingerprint density at radius 2 is 0.909 bits per heavy atom. The van der Waals surface area contributed by atoms with Crippen molar-refractivity contribution in [3.05, 3.63) is 176 Å². The average molecular weight is 564 g/mol. The molecule has 2 nitrogen and oxygen atoms in total. The molecule has 0 bridgehead atoms. The first kappa shape index (κ1) is 25.8. The average Bonchev–Trinajstić information content (AvgIpc) is 3.48. The first-order valence-corrected chi connectivity index (χ1v) is 14.9. The van der Waals surface area contributed by atoms with E-state index >= 15 is 0 Å². The van der Waals surface area contributed by atoms with Crippen LogP contribution in [-0.2, 0) is 0 Å². The van der Waals surface area contributed by atoms with Gasteiger partial charge in [0.2, 0.25) is 0 Å². The second kappa shape index (κ2) is 11.1. The highest BCUT2D eigenvalue weighted by atomic mass is 16.3. The number of para-hydroxylation sites is 2. The first-order valence-electron chi connectivity index (χ1n) is 14.9.